The van der Waals surface area contributed by atoms with Gasteiger partial charge < -0.3 is 19.4 Å². The molecular weight excluding hydrogens is 260 g/mol. The number of para-hydroxylation sites is 1. The summed E-state index contributed by atoms with van der Waals surface area (Å²) >= 11 is 0. The number of benzene rings is 1. The van der Waals surface area contributed by atoms with E-state index in [9.17, 15) is 15.0 Å². The van der Waals surface area contributed by atoms with E-state index in [4.69, 9.17) is 9.15 Å². The van der Waals surface area contributed by atoms with Crippen LogP contribution in [0.5, 0.6) is 5.75 Å². The number of Topliss-reactive ketones (excluding diaryl/α,β-unsaturated/α-hetero) is 1. The lowest BCUT2D eigenvalue weighted by molar-refractivity contribution is -0.143. The largest absolute Gasteiger partial charge is 0.504 e. The maximum absolute atomic E-state index is 12.0. The van der Waals surface area contributed by atoms with Crippen molar-refractivity contribution in [2.24, 2.45) is 0 Å². The standard InChI is InChI=1S/C15H14O5/c1-15(2)7-10(17)12(18)14(20-15)11-6-8-4-3-5-9(16)13(8)19-11/h3-7,14,16-17H,1-2H3. The fourth-order valence-electron chi connectivity index (χ4n) is 2.31. The van der Waals surface area contributed by atoms with Crippen LogP contribution in [0.2, 0.25) is 0 Å². The van der Waals surface area contributed by atoms with Crippen LogP contribution in [0.3, 0.4) is 0 Å². The average molecular weight is 274 g/mol. The summed E-state index contributed by atoms with van der Waals surface area (Å²) in [5, 5.41) is 20.1. The summed E-state index contributed by atoms with van der Waals surface area (Å²) in [6, 6.07) is 6.57. The predicted molar refractivity (Wildman–Crippen MR) is 71.5 cm³/mol. The summed E-state index contributed by atoms with van der Waals surface area (Å²) in [5.74, 6) is -0.631. The van der Waals surface area contributed by atoms with Crippen molar-refractivity contribution in [2.45, 2.75) is 25.6 Å². The van der Waals surface area contributed by atoms with E-state index in [0.717, 1.165) is 0 Å². The number of phenolic OH excluding ortho intramolecular Hbond substituents is 1. The Morgan fingerprint density at radius 1 is 1.25 bits per heavy atom. The number of rotatable bonds is 1. The molecule has 1 aromatic carbocycles. The molecule has 5 heteroatoms. The summed E-state index contributed by atoms with van der Waals surface area (Å²) in [6.45, 7) is 3.48. The van der Waals surface area contributed by atoms with E-state index in [-0.39, 0.29) is 17.3 Å². The highest BCUT2D eigenvalue weighted by molar-refractivity contribution is 5.98. The molecule has 0 fully saturated rings. The van der Waals surface area contributed by atoms with Crippen LogP contribution in [-0.2, 0) is 9.53 Å². The lowest BCUT2D eigenvalue weighted by atomic mass is 9.99. The van der Waals surface area contributed by atoms with Crippen molar-refractivity contribution in [2.75, 3.05) is 0 Å². The summed E-state index contributed by atoms with van der Waals surface area (Å²) in [4.78, 5) is 12.0. The van der Waals surface area contributed by atoms with Crippen LogP contribution >= 0.6 is 0 Å². The minimum absolute atomic E-state index is 0.00367. The molecule has 1 atom stereocenters. The zero-order chi connectivity index (χ0) is 14.5. The first-order valence-electron chi connectivity index (χ1n) is 6.23. The molecule has 104 valence electrons. The number of carbonyl (C=O) groups is 1. The van der Waals surface area contributed by atoms with E-state index >= 15 is 0 Å². The molecule has 0 saturated heterocycles. The minimum Gasteiger partial charge on any atom is -0.504 e. The van der Waals surface area contributed by atoms with Gasteiger partial charge in [-0.1, -0.05) is 12.1 Å². The van der Waals surface area contributed by atoms with Crippen LogP contribution in [0, 0.1) is 0 Å². The third-order valence-corrected chi connectivity index (χ3v) is 3.20. The van der Waals surface area contributed by atoms with E-state index < -0.39 is 17.5 Å². The van der Waals surface area contributed by atoms with Gasteiger partial charge in [0, 0.05) is 5.39 Å². The molecule has 1 aliphatic rings. The highest BCUT2D eigenvalue weighted by Gasteiger charge is 2.38. The Morgan fingerprint density at radius 2 is 2.00 bits per heavy atom. The van der Waals surface area contributed by atoms with Crippen LogP contribution in [-0.4, -0.2) is 21.6 Å². The first-order valence-corrected chi connectivity index (χ1v) is 6.23. The van der Waals surface area contributed by atoms with Gasteiger partial charge in [-0.25, -0.2) is 0 Å². The molecule has 0 amide bonds. The van der Waals surface area contributed by atoms with Crippen LogP contribution in [0.15, 0.2) is 40.5 Å². The Bertz CT molecular complexity index is 723. The van der Waals surface area contributed by atoms with Gasteiger partial charge in [-0.3, -0.25) is 4.79 Å². The van der Waals surface area contributed by atoms with Gasteiger partial charge in [-0.05, 0) is 32.1 Å². The number of aromatic hydroxyl groups is 1. The Morgan fingerprint density at radius 3 is 2.70 bits per heavy atom. The van der Waals surface area contributed by atoms with Gasteiger partial charge in [-0.15, -0.1) is 0 Å². The lowest BCUT2D eigenvalue weighted by Gasteiger charge is -2.30. The van der Waals surface area contributed by atoms with Gasteiger partial charge in [-0.2, -0.15) is 0 Å². The molecule has 0 aliphatic carbocycles. The third kappa shape index (κ3) is 1.96. The van der Waals surface area contributed by atoms with Gasteiger partial charge in [0.15, 0.2) is 23.2 Å². The first kappa shape index (κ1) is 12.7. The Balaban J connectivity index is 2.09. The Hall–Kier alpha value is -2.27. The predicted octanol–water partition coefficient (Wildman–Crippen LogP) is 3.00. The molecule has 2 N–H and O–H groups in total. The number of ketones is 1. The number of hydrogen-bond donors (Lipinski definition) is 2. The number of aliphatic hydroxyl groups is 1. The van der Waals surface area contributed by atoms with Crippen LogP contribution < -0.4 is 0 Å². The SMILES string of the molecule is CC1(C)C=C(O)C(=O)C(c2cc3cccc(O)c3o2)O1. The number of carbonyl (C=O) groups excluding carboxylic acids is 1. The molecule has 0 radical (unpaired) electrons. The van der Waals surface area contributed by atoms with E-state index in [1.807, 2.05) is 0 Å². The van der Waals surface area contributed by atoms with Gasteiger partial charge in [0.05, 0.1) is 5.60 Å². The van der Waals surface area contributed by atoms with E-state index in [1.165, 1.54) is 12.1 Å². The number of phenols is 1. The number of furan rings is 1. The van der Waals surface area contributed by atoms with Crippen molar-refractivity contribution in [1.29, 1.82) is 0 Å². The maximum Gasteiger partial charge on any atom is 0.233 e. The normalized spacial score (nSPS) is 22.0. The van der Waals surface area contributed by atoms with Crippen LogP contribution in [0.1, 0.15) is 25.7 Å². The van der Waals surface area contributed by atoms with Crippen molar-refractivity contribution in [3.63, 3.8) is 0 Å². The molecule has 2 heterocycles. The molecule has 1 aromatic heterocycles. The van der Waals surface area contributed by atoms with Crippen molar-refractivity contribution in [3.05, 3.63) is 41.9 Å². The number of fused-ring (bicyclic) bond motifs is 1. The molecule has 0 bridgehead atoms. The van der Waals surface area contributed by atoms with Crippen LogP contribution in [0.4, 0.5) is 0 Å². The maximum atomic E-state index is 12.0. The zero-order valence-corrected chi connectivity index (χ0v) is 11.1. The fourth-order valence-corrected chi connectivity index (χ4v) is 2.31. The van der Waals surface area contributed by atoms with Crippen molar-refractivity contribution >= 4 is 16.8 Å². The summed E-state index contributed by atoms with van der Waals surface area (Å²) < 4.78 is 11.2. The summed E-state index contributed by atoms with van der Waals surface area (Å²) in [7, 11) is 0. The summed E-state index contributed by atoms with van der Waals surface area (Å²) in [6.07, 6.45) is 0.355. The van der Waals surface area contributed by atoms with Crippen molar-refractivity contribution in [1.82, 2.24) is 0 Å². The second-order valence-corrected chi connectivity index (χ2v) is 5.34. The lowest BCUT2D eigenvalue weighted by Crippen LogP contribution is -2.34. The molecule has 0 saturated carbocycles. The second kappa shape index (κ2) is 4.11. The molecule has 0 spiro atoms. The number of ether oxygens (including phenoxy) is 1. The third-order valence-electron chi connectivity index (χ3n) is 3.20. The van der Waals surface area contributed by atoms with Crippen LogP contribution in [0.25, 0.3) is 11.0 Å². The molecule has 2 aromatic rings. The average Bonchev–Trinajstić information content (AvgIpc) is 2.78. The summed E-state index contributed by atoms with van der Waals surface area (Å²) in [5.41, 5.74) is -0.477. The second-order valence-electron chi connectivity index (χ2n) is 5.34. The van der Waals surface area contributed by atoms with Crippen molar-refractivity contribution < 1.29 is 24.2 Å². The van der Waals surface area contributed by atoms with E-state index in [1.54, 1.807) is 32.0 Å². The van der Waals surface area contributed by atoms with Gasteiger partial charge in [0.1, 0.15) is 5.76 Å². The monoisotopic (exact) mass is 274 g/mol. The van der Waals surface area contributed by atoms with E-state index in [0.29, 0.717) is 11.0 Å². The van der Waals surface area contributed by atoms with Crippen molar-refractivity contribution in [3.8, 4) is 5.75 Å². The van der Waals surface area contributed by atoms with Gasteiger partial charge >= 0.3 is 0 Å². The topological polar surface area (TPSA) is 79.9 Å². The minimum atomic E-state index is -1.01. The highest BCUT2D eigenvalue weighted by Crippen LogP contribution is 2.37. The molecule has 20 heavy (non-hydrogen) atoms. The fraction of sp³-hybridized carbons (Fsp3) is 0.267. The molecule has 5 nitrogen and oxygen atoms in total. The molecule has 3 rings (SSSR count). The molecule has 1 aliphatic heterocycles. The van der Waals surface area contributed by atoms with E-state index in [2.05, 4.69) is 0 Å². The number of aliphatic hydroxyl groups excluding tert-OH is 1. The van der Waals surface area contributed by atoms with Gasteiger partial charge in [0.2, 0.25) is 5.78 Å². The Kier molecular flexibility index (Phi) is 2.62. The first-order chi connectivity index (χ1) is 9.37. The molecule has 1 unspecified atom stereocenters. The Labute approximate surface area is 115 Å². The quantitative estimate of drug-likeness (QED) is 0.835. The zero-order valence-electron chi connectivity index (χ0n) is 11.1. The number of hydrogen-bond acceptors (Lipinski definition) is 5. The molecular formula is C15H14O5. The highest BCUT2D eigenvalue weighted by atomic mass is 16.5. The van der Waals surface area contributed by atoms with Gasteiger partial charge in [0.25, 0.3) is 0 Å². The smallest absolute Gasteiger partial charge is 0.233 e.